The molecule has 2 rings (SSSR count). The van der Waals surface area contributed by atoms with Crippen LogP contribution in [0.4, 0.5) is 4.39 Å². The highest BCUT2D eigenvalue weighted by Crippen LogP contribution is 2.29. The average Bonchev–Trinajstić information content (AvgIpc) is 2.31. The molecule has 1 atom stereocenters. The van der Waals surface area contributed by atoms with Crippen LogP contribution >= 0.6 is 11.6 Å². The third-order valence-corrected chi connectivity index (χ3v) is 4.04. The van der Waals surface area contributed by atoms with Crippen molar-refractivity contribution in [1.82, 2.24) is 5.32 Å². The summed E-state index contributed by atoms with van der Waals surface area (Å²) in [4.78, 5) is 0. The summed E-state index contributed by atoms with van der Waals surface area (Å²) in [5, 5.41) is 3.58. The molecule has 3 N–H and O–H groups in total. The third kappa shape index (κ3) is 3.44. The largest absolute Gasteiger partial charge is 0.329 e. The van der Waals surface area contributed by atoms with Crippen molar-refractivity contribution >= 4 is 11.6 Å². The number of rotatable bonds is 6. The van der Waals surface area contributed by atoms with Gasteiger partial charge >= 0.3 is 0 Å². The van der Waals surface area contributed by atoms with Crippen molar-refractivity contribution in [2.75, 3.05) is 13.1 Å². The van der Waals surface area contributed by atoms with Gasteiger partial charge in [0, 0.05) is 12.6 Å². The lowest BCUT2D eigenvalue weighted by Gasteiger charge is -2.26. The van der Waals surface area contributed by atoms with Crippen LogP contribution in [0.1, 0.15) is 37.3 Å². The minimum absolute atomic E-state index is 0.0585. The van der Waals surface area contributed by atoms with E-state index >= 15 is 0 Å². The van der Waals surface area contributed by atoms with Crippen LogP contribution in [-0.2, 0) is 0 Å². The van der Waals surface area contributed by atoms with E-state index in [0.29, 0.717) is 6.54 Å². The molecule has 2 nitrogen and oxygen atoms in total. The molecule has 0 radical (unpaired) electrons. The lowest BCUT2D eigenvalue weighted by molar-refractivity contribution is 0.288. The van der Waals surface area contributed by atoms with Crippen molar-refractivity contribution in [2.24, 2.45) is 11.7 Å². The minimum Gasteiger partial charge on any atom is -0.329 e. The summed E-state index contributed by atoms with van der Waals surface area (Å²) in [6.45, 7) is 1.45. The number of benzene rings is 1. The van der Waals surface area contributed by atoms with Crippen LogP contribution in [0.25, 0.3) is 0 Å². The maximum atomic E-state index is 13.1. The second-order valence-corrected chi connectivity index (χ2v) is 5.41. The zero-order valence-corrected chi connectivity index (χ0v) is 11.2. The van der Waals surface area contributed by atoms with E-state index in [4.69, 9.17) is 17.3 Å². The molecule has 1 fully saturated rings. The van der Waals surface area contributed by atoms with Gasteiger partial charge < -0.3 is 11.1 Å². The maximum Gasteiger partial charge on any atom is 0.141 e. The van der Waals surface area contributed by atoms with Gasteiger partial charge in [-0.05, 0) is 36.6 Å². The molecule has 18 heavy (non-hydrogen) atoms. The van der Waals surface area contributed by atoms with E-state index in [1.165, 1.54) is 31.7 Å². The molecular weight excluding hydrogens is 251 g/mol. The van der Waals surface area contributed by atoms with Gasteiger partial charge in [-0.25, -0.2) is 4.39 Å². The first-order valence-corrected chi connectivity index (χ1v) is 6.97. The molecule has 1 aromatic carbocycles. The normalized spacial score (nSPS) is 17.5. The van der Waals surface area contributed by atoms with E-state index in [1.54, 1.807) is 12.1 Å². The Morgan fingerprint density at radius 1 is 1.44 bits per heavy atom. The zero-order valence-electron chi connectivity index (χ0n) is 10.5. The van der Waals surface area contributed by atoms with Gasteiger partial charge in [-0.2, -0.15) is 0 Å². The minimum atomic E-state index is -0.384. The Morgan fingerprint density at radius 3 is 2.78 bits per heavy atom. The molecule has 1 aliphatic rings. The molecule has 4 heteroatoms. The smallest absolute Gasteiger partial charge is 0.141 e. The van der Waals surface area contributed by atoms with E-state index in [1.807, 2.05) is 0 Å². The lowest BCUT2D eigenvalue weighted by Crippen LogP contribution is -2.30. The number of nitrogens with one attached hydrogen (secondary N) is 1. The van der Waals surface area contributed by atoms with Crippen molar-refractivity contribution in [1.29, 1.82) is 0 Å². The molecule has 0 heterocycles. The van der Waals surface area contributed by atoms with Gasteiger partial charge in [0.2, 0.25) is 0 Å². The third-order valence-electron chi connectivity index (χ3n) is 3.75. The zero-order chi connectivity index (χ0) is 13.0. The van der Waals surface area contributed by atoms with Gasteiger partial charge in [0.05, 0.1) is 5.02 Å². The molecule has 1 saturated carbocycles. The van der Waals surface area contributed by atoms with Gasteiger partial charge in [-0.3, -0.25) is 0 Å². The van der Waals surface area contributed by atoms with Crippen LogP contribution in [0, 0.1) is 11.7 Å². The second-order valence-electron chi connectivity index (χ2n) is 5.00. The number of halogens is 2. The SMILES string of the molecule is NCC(NCCC1CCC1)c1ccc(F)c(Cl)c1. The maximum absolute atomic E-state index is 13.1. The van der Waals surface area contributed by atoms with Gasteiger partial charge in [-0.15, -0.1) is 0 Å². The molecule has 0 spiro atoms. The Morgan fingerprint density at radius 2 is 2.22 bits per heavy atom. The second kappa shape index (κ2) is 6.50. The standard InChI is InChI=1S/C14H20ClFN2/c15-12-8-11(4-5-13(12)16)14(9-17)18-7-6-10-2-1-3-10/h4-5,8,10,14,18H,1-3,6-7,9,17H2. The molecule has 0 saturated heterocycles. The highest BCUT2D eigenvalue weighted by atomic mass is 35.5. The Balaban J connectivity index is 1.87. The van der Waals surface area contributed by atoms with Crippen molar-refractivity contribution in [2.45, 2.75) is 31.7 Å². The number of hydrogen-bond donors (Lipinski definition) is 2. The summed E-state index contributed by atoms with van der Waals surface area (Å²) in [5.41, 5.74) is 6.71. The first-order chi connectivity index (χ1) is 8.70. The molecule has 100 valence electrons. The van der Waals surface area contributed by atoms with E-state index in [9.17, 15) is 4.39 Å². The first kappa shape index (κ1) is 13.8. The first-order valence-electron chi connectivity index (χ1n) is 6.59. The fourth-order valence-corrected chi connectivity index (χ4v) is 2.50. The van der Waals surface area contributed by atoms with Crippen molar-refractivity contribution in [3.63, 3.8) is 0 Å². The van der Waals surface area contributed by atoms with Crippen LogP contribution in [-0.4, -0.2) is 13.1 Å². The number of hydrogen-bond acceptors (Lipinski definition) is 2. The Kier molecular flexibility index (Phi) is 4.98. The van der Waals surface area contributed by atoms with Gasteiger partial charge in [0.25, 0.3) is 0 Å². The van der Waals surface area contributed by atoms with Gasteiger partial charge in [0.1, 0.15) is 5.82 Å². The molecule has 0 amide bonds. The lowest BCUT2D eigenvalue weighted by atomic mass is 9.83. The summed E-state index contributed by atoms with van der Waals surface area (Å²) < 4.78 is 13.1. The highest BCUT2D eigenvalue weighted by molar-refractivity contribution is 6.30. The molecule has 1 aromatic rings. The molecule has 0 aliphatic heterocycles. The fourth-order valence-electron chi connectivity index (χ4n) is 2.31. The molecular formula is C14H20ClFN2. The van der Waals surface area contributed by atoms with Crippen LogP contribution < -0.4 is 11.1 Å². The fraction of sp³-hybridized carbons (Fsp3) is 0.571. The molecule has 0 bridgehead atoms. The average molecular weight is 271 g/mol. The Labute approximate surface area is 113 Å². The van der Waals surface area contributed by atoms with Gasteiger partial charge in [0.15, 0.2) is 0 Å². The topological polar surface area (TPSA) is 38.0 Å². The van der Waals surface area contributed by atoms with Crippen LogP contribution in [0.5, 0.6) is 0 Å². The summed E-state index contributed by atoms with van der Waals surface area (Å²) in [6.07, 6.45) is 5.29. The van der Waals surface area contributed by atoms with Crippen LogP contribution in [0.3, 0.4) is 0 Å². The molecule has 0 aromatic heterocycles. The van der Waals surface area contributed by atoms with Crippen LogP contribution in [0.15, 0.2) is 18.2 Å². The van der Waals surface area contributed by atoms with Crippen molar-refractivity contribution < 1.29 is 4.39 Å². The summed E-state index contributed by atoms with van der Waals surface area (Å²) >= 11 is 5.79. The molecule has 1 unspecified atom stereocenters. The van der Waals surface area contributed by atoms with Crippen molar-refractivity contribution in [3.8, 4) is 0 Å². The molecule has 1 aliphatic carbocycles. The van der Waals surface area contributed by atoms with E-state index in [0.717, 1.165) is 18.0 Å². The van der Waals surface area contributed by atoms with Crippen LogP contribution in [0.2, 0.25) is 5.02 Å². The predicted octanol–water partition coefficient (Wildman–Crippen LogP) is 3.26. The quantitative estimate of drug-likeness (QED) is 0.833. The van der Waals surface area contributed by atoms with E-state index in [2.05, 4.69) is 5.32 Å². The summed E-state index contributed by atoms with van der Waals surface area (Å²) in [7, 11) is 0. The Hall–Kier alpha value is -0.640. The summed E-state index contributed by atoms with van der Waals surface area (Å²) in [5.74, 6) is 0.499. The van der Waals surface area contributed by atoms with Crippen molar-refractivity contribution in [3.05, 3.63) is 34.6 Å². The summed E-state index contributed by atoms with van der Waals surface area (Å²) in [6, 6.07) is 4.86. The van der Waals surface area contributed by atoms with E-state index in [-0.39, 0.29) is 16.9 Å². The predicted molar refractivity (Wildman–Crippen MR) is 73.2 cm³/mol. The monoisotopic (exact) mass is 270 g/mol. The number of nitrogens with two attached hydrogens (primary N) is 1. The Bertz CT molecular complexity index is 393. The van der Waals surface area contributed by atoms with Gasteiger partial charge in [-0.1, -0.05) is 36.9 Å². The van der Waals surface area contributed by atoms with E-state index < -0.39 is 0 Å². The highest BCUT2D eigenvalue weighted by Gasteiger charge is 2.17.